The number of ether oxygens (including phenoxy) is 1. The first kappa shape index (κ1) is 11.5. The van der Waals surface area contributed by atoms with Crippen LogP contribution in [0.2, 0.25) is 0 Å². The number of hydrogen-bond acceptors (Lipinski definition) is 5. The molecular weight excluding hydrogens is 327 g/mol. The van der Waals surface area contributed by atoms with E-state index in [0.717, 1.165) is 0 Å². The van der Waals surface area contributed by atoms with Crippen LogP contribution in [0.1, 0.15) is 12.8 Å². The molecule has 0 aromatic rings. The van der Waals surface area contributed by atoms with Crippen LogP contribution in [-0.2, 0) is 14.3 Å². The van der Waals surface area contributed by atoms with E-state index in [2.05, 4.69) is 0 Å². The Kier molecular flexibility index (Phi) is 3.20. The molecule has 1 heterocycles. The van der Waals surface area contributed by atoms with E-state index in [1.54, 1.807) is 0 Å². The summed E-state index contributed by atoms with van der Waals surface area (Å²) in [5, 5.41) is 0. The molecule has 0 fully saturated rings. The molecule has 1 N–H and O–H groups in total. The van der Waals surface area contributed by atoms with Crippen LogP contribution in [0, 0.1) is 0 Å². The van der Waals surface area contributed by atoms with Gasteiger partial charge in [0.15, 0.2) is 0 Å². The van der Waals surface area contributed by atoms with Gasteiger partial charge >= 0.3 is 99.1 Å². The number of aldehydes is 1. The van der Waals surface area contributed by atoms with E-state index in [0.29, 0.717) is 27.4 Å². The minimum atomic E-state index is -3.07. The zero-order chi connectivity index (χ0) is 11.7. The zero-order valence-corrected chi connectivity index (χ0v) is 10.4. The van der Waals surface area contributed by atoms with Crippen molar-refractivity contribution in [2.24, 2.45) is 0 Å². The predicted octanol–water partition coefficient (Wildman–Crippen LogP) is 1.29. The first-order valence-corrected chi connectivity index (χ1v) is 7.73. The average Bonchev–Trinajstić information content (AvgIpc) is 2.44. The molecule has 1 aliphatic heterocycles. The van der Waals surface area contributed by atoms with Crippen LogP contribution in [0.5, 0.6) is 0 Å². The zero-order valence-electron chi connectivity index (χ0n) is 8.23. The second kappa shape index (κ2) is 4.46. The number of rotatable bonds is 1. The Morgan fingerprint density at radius 1 is 1.38 bits per heavy atom. The summed E-state index contributed by atoms with van der Waals surface area (Å²) >= 11 is -3.07. The summed E-state index contributed by atoms with van der Waals surface area (Å²) in [4.78, 5) is 33.6. The normalized spacial score (nSPS) is 23.3. The fraction of sp³-hybridized carbons (Fsp3) is 0.300. The van der Waals surface area contributed by atoms with Gasteiger partial charge in [-0.1, -0.05) is 0 Å². The van der Waals surface area contributed by atoms with Gasteiger partial charge in [-0.15, -0.1) is 0 Å². The summed E-state index contributed by atoms with van der Waals surface area (Å²) < 4.78 is 14.2. The van der Waals surface area contributed by atoms with E-state index in [9.17, 15) is 17.8 Å². The van der Waals surface area contributed by atoms with Gasteiger partial charge in [0.2, 0.25) is 0 Å². The van der Waals surface area contributed by atoms with Crippen molar-refractivity contribution in [1.29, 1.82) is 0 Å². The van der Waals surface area contributed by atoms with Crippen molar-refractivity contribution < 1.29 is 22.6 Å². The van der Waals surface area contributed by atoms with Gasteiger partial charge in [0.25, 0.3) is 0 Å². The second-order valence-corrected chi connectivity index (χ2v) is 6.92. The average molecular weight is 336 g/mol. The molecule has 86 valence electrons. The Labute approximate surface area is 99.1 Å². The summed E-state index contributed by atoms with van der Waals surface area (Å²) in [5.41, 5.74) is 0.813. The molecule has 0 radical (unpaired) electrons. The van der Waals surface area contributed by atoms with E-state index in [4.69, 9.17) is 4.74 Å². The van der Waals surface area contributed by atoms with Crippen molar-refractivity contribution in [1.82, 2.24) is 0 Å². The molecule has 0 amide bonds. The molecule has 2 rings (SSSR count). The van der Waals surface area contributed by atoms with Gasteiger partial charge in [0.05, 0.1) is 0 Å². The Morgan fingerprint density at radius 3 is 2.81 bits per heavy atom. The molecule has 0 atom stereocenters. The summed E-state index contributed by atoms with van der Waals surface area (Å²) in [5.74, 6) is -0.146. The van der Waals surface area contributed by atoms with Crippen molar-refractivity contribution in [3.05, 3.63) is 20.8 Å². The van der Waals surface area contributed by atoms with E-state index in [-0.39, 0.29) is 18.8 Å². The van der Waals surface area contributed by atoms with Crippen molar-refractivity contribution >= 4 is 36.3 Å². The first-order valence-electron chi connectivity index (χ1n) is 4.61. The van der Waals surface area contributed by atoms with Crippen LogP contribution >= 0.6 is 20.2 Å². The number of carbonyl (C=O) groups excluding carboxylic acids is 3. The van der Waals surface area contributed by atoms with Crippen molar-refractivity contribution in [2.75, 3.05) is 6.61 Å². The molecule has 6 heteroatoms. The summed E-state index contributed by atoms with van der Waals surface area (Å²) in [6.45, 7) is -0.0792. The van der Waals surface area contributed by atoms with Gasteiger partial charge in [-0.25, -0.2) is 0 Å². The predicted molar refractivity (Wildman–Crippen MR) is 63.0 cm³/mol. The molecule has 2 aliphatic rings. The Morgan fingerprint density at radius 2 is 2.12 bits per heavy atom. The number of hydrogen-bond donors (Lipinski definition) is 1. The molecular formula is C10H9IO5. The van der Waals surface area contributed by atoms with E-state index in [1.807, 2.05) is 0 Å². The van der Waals surface area contributed by atoms with Gasteiger partial charge in [-0.2, -0.15) is 0 Å². The Balaban J connectivity index is 2.49. The Bertz CT molecular complexity index is 434. The van der Waals surface area contributed by atoms with Crippen molar-refractivity contribution in [3.63, 3.8) is 0 Å². The standard InChI is InChI=1S/C10H9IO5/c12-4-6-1-2-9(13)7-5-16-10(14)11(15)8(7)3-6/h3-4,15H,1-2,5H2. The first-order chi connectivity index (χ1) is 7.63. The third kappa shape index (κ3) is 1.94. The molecule has 0 saturated heterocycles. The van der Waals surface area contributed by atoms with E-state index < -0.39 is 24.2 Å². The fourth-order valence-corrected chi connectivity index (χ4v) is 4.22. The Hall–Kier alpha value is -1.02. The molecule has 0 saturated carbocycles. The number of halogens is 1. The maximum atomic E-state index is 11.7. The van der Waals surface area contributed by atoms with E-state index >= 15 is 0 Å². The molecule has 0 spiro atoms. The van der Waals surface area contributed by atoms with Gasteiger partial charge in [0, 0.05) is 0 Å². The van der Waals surface area contributed by atoms with Crippen molar-refractivity contribution in [3.8, 4) is 0 Å². The van der Waals surface area contributed by atoms with Crippen LogP contribution in [0.4, 0.5) is 4.79 Å². The molecule has 0 aromatic heterocycles. The quantitative estimate of drug-likeness (QED) is 0.443. The number of carbonyl (C=O) groups is 3. The molecule has 0 aromatic carbocycles. The summed E-state index contributed by atoms with van der Waals surface area (Å²) in [7, 11) is 0. The van der Waals surface area contributed by atoms with E-state index in [1.165, 1.54) is 6.08 Å². The van der Waals surface area contributed by atoms with Crippen LogP contribution in [-0.4, -0.2) is 26.1 Å². The van der Waals surface area contributed by atoms with Gasteiger partial charge in [0.1, 0.15) is 0 Å². The minimum absolute atomic E-state index is 0.0792. The third-order valence-corrected chi connectivity index (χ3v) is 5.61. The maximum absolute atomic E-state index is 11.7. The SMILES string of the molecule is O=CC1=CC2=C(COC(=O)I2O)C(=O)CC1. The van der Waals surface area contributed by atoms with Crippen LogP contribution in [0.3, 0.4) is 0 Å². The molecule has 1 aliphatic carbocycles. The van der Waals surface area contributed by atoms with Crippen LogP contribution in [0.25, 0.3) is 0 Å². The van der Waals surface area contributed by atoms with Gasteiger partial charge in [-0.3, -0.25) is 0 Å². The van der Waals surface area contributed by atoms with Gasteiger partial charge < -0.3 is 0 Å². The topological polar surface area (TPSA) is 80.7 Å². The summed E-state index contributed by atoms with van der Waals surface area (Å²) in [6.07, 6.45) is 2.73. The van der Waals surface area contributed by atoms with Crippen LogP contribution in [0.15, 0.2) is 20.8 Å². The fourth-order valence-electron chi connectivity index (χ4n) is 1.53. The molecule has 0 bridgehead atoms. The molecule has 16 heavy (non-hydrogen) atoms. The molecule has 0 unspecified atom stereocenters. The molecule has 5 nitrogen and oxygen atoms in total. The number of Topliss-reactive ketones (excluding diaryl/α,β-unsaturated/α-hetero) is 1. The monoisotopic (exact) mass is 336 g/mol. The number of cyclic esters (lactones) is 1. The summed E-state index contributed by atoms with van der Waals surface area (Å²) in [6, 6.07) is 0. The van der Waals surface area contributed by atoms with Gasteiger partial charge in [-0.05, 0) is 0 Å². The van der Waals surface area contributed by atoms with Crippen molar-refractivity contribution in [2.45, 2.75) is 12.8 Å². The number of allylic oxidation sites excluding steroid dienone is 3. The van der Waals surface area contributed by atoms with Crippen LogP contribution < -0.4 is 0 Å². The second-order valence-electron chi connectivity index (χ2n) is 3.38. The third-order valence-electron chi connectivity index (χ3n) is 2.40. The number of ketones is 1.